The highest BCUT2D eigenvalue weighted by molar-refractivity contribution is 9.10. The normalized spacial score (nSPS) is 10.9. The fraction of sp³-hybridized carbons (Fsp3) is 0.105. The molecule has 136 valence electrons. The molecule has 8 heteroatoms. The maximum Gasteiger partial charge on any atom is 0.178 e. The van der Waals surface area contributed by atoms with Gasteiger partial charge < -0.3 is 10.1 Å². The molecule has 1 N–H and O–H groups in total. The molecule has 2 heterocycles. The van der Waals surface area contributed by atoms with E-state index in [1.165, 1.54) is 0 Å². The topological polar surface area (TPSA) is 64.3 Å². The van der Waals surface area contributed by atoms with E-state index in [-0.39, 0.29) is 0 Å². The summed E-state index contributed by atoms with van der Waals surface area (Å²) < 4.78 is 7.91. The molecule has 4 rings (SSSR count). The van der Waals surface area contributed by atoms with Crippen molar-refractivity contribution in [3.05, 3.63) is 75.5 Å². The molecule has 2 aromatic carbocycles. The van der Waals surface area contributed by atoms with Crippen molar-refractivity contribution in [3.63, 3.8) is 0 Å². The van der Waals surface area contributed by atoms with Gasteiger partial charge >= 0.3 is 0 Å². The summed E-state index contributed by atoms with van der Waals surface area (Å²) in [6.45, 7) is 0. The van der Waals surface area contributed by atoms with E-state index in [9.17, 15) is 0 Å². The molecule has 0 bridgehead atoms. The third-order valence-corrected chi connectivity index (χ3v) is 4.86. The van der Waals surface area contributed by atoms with Gasteiger partial charge in [-0.05, 0) is 64.0 Å². The zero-order chi connectivity index (χ0) is 18.8. The number of rotatable bonds is 5. The number of hydrogen-bond acceptors (Lipinski definition) is 5. The predicted octanol–water partition coefficient (Wildman–Crippen LogP) is 4.88. The molecular weight excluding hydrogens is 430 g/mol. The Kier molecular flexibility index (Phi) is 4.96. The van der Waals surface area contributed by atoms with Crippen LogP contribution in [0.4, 0.5) is 11.5 Å². The highest BCUT2D eigenvalue weighted by Crippen LogP contribution is 2.26. The summed E-state index contributed by atoms with van der Waals surface area (Å²) in [5.41, 5.74) is 2.63. The van der Waals surface area contributed by atoms with E-state index >= 15 is 0 Å². The number of aromatic nitrogens is 4. The van der Waals surface area contributed by atoms with Crippen LogP contribution in [0.3, 0.4) is 0 Å². The molecule has 0 saturated heterocycles. The van der Waals surface area contributed by atoms with E-state index in [1.54, 1.807) is 11.6 Å². The standard InChI is InChI=1S/C19H15BrClN5O/c1-27-16-6-5-12(9-15(16)20)10-19-24-23-18-8-7-17(25-26(18)19)22-14-4-2-3-13(21)11-14/h2-9,11H,10H2,1H3,(H,22,25). The zero-order valence-electron chi connectivity index (χ0n) is 14.4. The highest BCUT2D eigenvalue weighted by atomic mass is 79.9. The molecule has 0 spiro atoms. The Balaban J connectivity index is 1.63. The van der Waals surface area contributed by atoms with Crippen LogP contribution in [0, 0.1) is 0 Å². The lowest BCUT2D eigenvalue weighted by molar-refractivity contribution is 0.412. The lowest BCUT2D eigenvalue weighted by Crippen LogP contribution is -2.03. The summed E-state index contributed by atoms with van der Waals surface area (Å²) in [6, 6.07) is 17.1. The SMILES string of the molecule is COc1ccc(Cc2nnc3ccc(Nc4cccc(Cl)c4)nn23)cc1Br. The van der Waals surface area contributed by atoms with Gasteiger partial charge in [-0.3, -0.25) is 0 Å². The number of fused-ring (bicyclic) bond motifs is 1. The Labute approximate surface area is 169 Å². The summed E-state index contributed by atoms with van der Waals surface area (Å²) in [5.74, 6) is 2.22. The summed E-state index contributed by atoms with van der Waals surface area (Å²) in [6.07, 6.45) is 0.595. The van der Waals surface area contributed by atoms with Crippen LogP contribution < -0.4 is 10.1 Å². The highest BCUT2D eigenvalue weighted by Gasteiger charge is 2.10. The van der Waals surface area contributed by atoms with E-state index in [0.717, 1.165) is 27.3 Å². The second-order valence-corrected chi connectivity index (χ2v) is 7.18. The van der Waals surface area contributed by atoms with Crippen LogP contribution in [-0.4, -0.2) is 26.9 Å². The fourth-order valence-corrected chi connectivity index (χ4v) is 3.51. The second kappa shape index (κ2) is 7.54. The van der Waals surface area contributed by atoms with Crippen molar-refractivity contribution in [1.82, 2.24) is 19.8 Å². The van der Waals surface area contributed by atoms with Crippen LogP contribution >= 0.6 is 27.5 Å². The first-order chi connectivity index (χ1) is 13.1. The molecule has 0 amide bonds. The second-order valence-electron chi connectivity index (χ2n) is 5.89. The average molecular weight is 445 g/mol. The summed E-state index contributed by atoms with van der Waals surface area (Å²) in [5, 5.41) is 17.0. The maximum absolute atomic E-state index is 6.04. The molecule has 6 nitrogen and oxygen atoms in total. The fourth-order valence-electron chi connectivity index (χ4n) is 2.73. The predicted molar refractivity (Wildman–Crippen MR) is 109 cm³/mol. The van der Waals surface area contributed by atoms with Gasteiger partial charge in [-0.2, -0.15) is 4.52 Å². The molecule has 0 saturated carbocycles. The van der Waals surface area contributed by atoms with Crippen molar-refractivity contribution in [1.29, 1.82) is 0 Å². The first-order valence-corrected chi connectivity index (χ1v) is 9.36. The lowest BCUT2D eigenvalue weighted by Gasteiger charge is -2.07. The maximum atomic E-state index is 6.04. The number of benzene rings is 2. The van der Waals surface area contributed by atoms with Gasteiger partial charge in [0.25, 0.3) is 0 Å². The van der Waals surface area contributed by atoms with Gasteiger partial charge in [0.2, 0.25) is 0 Å². The van der Waals surface area contributed by atoms with E-state index in [2.05, 4.69) is 36.5 Å². The van der Waals surface area contributed by atoms with Crippen molar-refractivity contribution in [2.45, 2.75) is 6.42 Å². The Bertz CT molecular complexity index is 1110. The van der Waals surface area contributed by atoms with Crippen LogP contribution in [0.2, 0.25) is 5.02 Å². The van der Waals surface area contributed by atoms with E-state index in [4.69, 9.17) is 16.3 Å². The van der Waals surface area contributed by atoms with Crippen LogP contribution in [0.1, 0.15) is 11.4 Å². The van der Waals surface area contributed by atoms with E-state index < -0.39 is 0 Å². The van der Waals surface area contributed by atoms with Gasteiger partial charge in [0, 0.05) is 17.1 Å². The summed E-state index contributed by atoms with van der Waals surface area (Å²) >= 11 is 9.55. The van der Waals surface area contributed by atoms with Gasteiger partial charge in [0.1, 0.15) is 5.75 Å². The quantitative estimate of drug-likeness (QED) is 0.475. The number of hydrogen-bond donors (Lipinski definition) is 1. The van der Waals surface area contributed by atoms with Gasteiger partial charge in [-0.25, -0.2) is 0 Å². The Morgan fingerprint density at radius 1 is 1.11 bits per heavy atom. The molecule has 2 aromatic heterocycles. The van der Waals surface area contributed by atoms with E-state index in [1.807, 2.05) is 54.6 Å². The minimum absolute atomic E-state index is 0.595. The number of nitrogens with one attached hydrogen (secondary N) is 1. The summed E-state index contributed by atoms with van der Waals surface area (Å²) in [4.78, 5) is 0. The van der Waals surface area contributed by atoms with Crippen LogP contribution in [0.5, 0.6) is 5.75 Å². The average Bonchev–Trinajstić information content (AvgIpc) is 3.04. The zero-order valence-corrected chi connectivity index (χ0v) is 16.7. The van der Waals surface area contributed by atoms with Gasteiger partial charge in [-0.1, -0.05) is 23.7 Å². The van der Waals surface area contributed by atoms with Gasteiger partial charge in [-0.15, -0.1) is 15.3 Å². The molecule has 0 unspecified atom stereocenters. The molecule has 27 heavy (non-hydrogen) atoms. The number of ether oxygens (including phenoxy) is 1. The smallest absolute Gasteiger partial charge is 0.178 e. The molecule has 0 radical (unpaired) electrons. The Morgan fingerprint density at radius 2 is 2.00 bits per heavy atom. The molecule has 0 aliphatic carbocycles. The van der Waals surface area contributed by atoms with Crippen molar-refractivity contribution < 1.29 is 4.74 Å². The van der Waals surface area contributed by atoms with Crippen molar-refractivity contribution in [3.8, 4) is 5.75 Å². The molecule has 4 aromatic rings. The van der Waals surface area contributed by atoms with Gasteiger partial charge in [0.15, 0.2) is 17.3 Å². The first kappa shape index (κ1) is 17.8. The van der Waals surface area contributed by atoms with Crippen LogP contribution in [0.15, 0.2) is 59.1 Å². The summed E-state index contributed by atoms with van der Waals surface area (Å²) in [7, 11) is 1.64. The largest absolute Gasteiger partial charge is 0.496 e. The minimum atomic E-state index is 0.595. The van der Waals surface area contributed by atoms with Crippen molar-refractivity contribution in [2.24, 2.45) is 0 Å². The lowest BCUT2D eigenvalue weighted by atomic mass is 10.1. The molecule has 0 aliphatic heterocycles. The Hall–Kier alpha value is -2.64. The third-order valence-electron chi connectivity index (χ3n) is 4.00. The van der Waals surface area contributed by atoms with Crippen LogP contribution in [-0.2, 0) is 6.42 Å². The number of anilines is 2. The molecule has 0 fully saturated rings. The first-order valence-electron chi connectivity index (χ1n) is 8.19. The van der Waals surface area contributed by atoms with E-state index in [0.29, 0.717) is 22.9 Å². The number of halogens is 2. The van der Waals surface area contributed by atoms with Gasteiger partial charge in [0.05, 0.1) is 11.6 Å². The monoisotopic (exact) mass is 443 g/mol. The molecule has 0 atom stereocenters. The molecule has 0 aliphatic rings. The number of methoxy groups -OCH3 is 1. The molecular formula is C19H15BrClN5O. The van der Waals surface area contributed by atoms with Crippen molar-refractivity contribution in [2.75, 3.05) is 12.4 Å². The third kappa shape index (κ3) is 3.89. The Morgan fingerprint density at radius 3 is 2.78 bits per heavy atom. The minimum Gasteiger partial charge on any atom is -0.496 e. The van der Waals surface area contributed by atoms with Crippen LogP contribution in [0.25, 0.3) is 5.65 Å². The van der Waals surface area contributed by atoms with Crippen molar-refractivity contribution >= 4 is 44.7 Å². The number of nitrogens with zero attached hydrogens (tertiary/aromatic N) is 4.